The van der Waals surface area contributed by atoms with Crippen molar-refractivity contribution in [3.8, 4) is 0 Å². The second kappa shape index (κ2) is 5.09. The molecule has 3 nitrogen and oxygen atoms in total. The molecule has 2 amide bonds. The standard InChI is InChI=1S/C15H10FNO2S/c16-10-5-7-11(8-6-10)20-9-17-14(18)12-3-1-2-4-13(12)15(17)19/h1-8H,9H2. The summed E-state index contributed by atoms with van der Waals surface area (Å²) >= 11 is 1.32. The topological polar surface area (TPSA) is 37.4 Å². The van der Waals surface area contributed by atoms with E-state index in [2.05, 4.69) is 0 Å². The van der Waals surface area contributed by atoms with Crippen molar-refractivity contribution in [2.45, 2.75) is 4.90 Å². The molecule has 0 N–H and O–H groups in total. The molecule has 0 saturated carbocycles. The SMILES string of the molecule is O=C1c2ccccc2C(=O)N1CSc1ccc(F)cc1. The van der Waals surface area contributed by atoms with Gasteiger partial charge < -0.3 is 0 Å². The second-order valence-electron chi connectivity index (χ2n) is 4.31. The van der Waals surface area contributed by atoms with E-state index in [0.717, 1.165) is 4.90 Å². The number of amides is 2. The number of imide groups is 1. The first-order valence-electron chi connectivity index (χ1n) is 6.00. The molecule has 1 aliphatic rings. The van der Waals surface area contributed by atoms with Crippen LogP contribution in [-0.4, -0.2) is 22.6 Å². The summed E-state index contributed by atoms with van der Waals surface area (Å²) in [7, 11) is 0. The zero-order chi connectivity index (χ0) is 14.1. The van der Waals surface area contributed by atoms with Crippen LogP contribution in [0.3, 0.4) is 0 Å². The van der Waals surface area contributed by atoms with E-state index in [1.54, 1.807) is 36.4 Å². The molecule has 5 heteroatoms. The van der Waals surface area contributed by atoms with Crippen LogP contribution >= 0.6 is 11.8 Å². The molecule has 0 saturated heterocycles. The van der Waals surface area contributed by atoms with E-state index in [9.17, 15) is 14.0 Å². The van der Waals surface area contributed by atoms with Gasteiger partial charge in [-0.3, -0.25) is 14.5 Å². The van der Waals surface area contributed by atoms with E-state index in [1.807, 2.05) is 0 Å². The molecule has 2 aromatic rings. The molecule has 2 aromatic carbocycles. The Kier molecular flexibility index (Phi) is 3.28. The van der Waals surface area contributed by atoms with Gasteiger partial charge in [-0.2, -0.15) is 0 Å². The molecule has 0 atom stereocenters. The number of halogens is 1. The van der Waals surface area contributed by atoms with Crippen molar-refractivity contribution < 1.29 is 14.0 Å². The average molecular weight is 287 g/mol. The lowest BCUT2D eigenvalue weighted by Crippen LogP contribution is -2.29. The van der Waals surface area contributed by atoms with Gasteiger partial charge in [-0.25, -0.2) is 4.39 Å². The van der Waals surface area contributed by atoms with Crippen molar-refractivity contribution in [1.29, 1.82) is 0 Å². The first-order valence-corrected chi connectivity index (χ1v) is 6.99. The number of thioether (sulfide) groups is 1. The van der Waals surface area contributed by atoms with Crippen LogP contribution in [0, 0.1) is 5.82 Å². The van der Waals surface area contributed by atoms with Gasteiger partial charge in [0.15, 0.2) is 0 Å². The highest BCUT2D eigenvalue weighted by Gasteiger charge is 2.34. The molecule has 0 fully saturated rings. The number of hydrogen-bond acceptors (Lipinski definition) is 3. The van der Waals surface area contributed by atoms with Crippen LogP contribution < -0.4 is 0 Å². The Balaban J connectivity index is 1.75. The molecule has 0 radical (unpaired) electrons. The van der Waals surface area contributed by atoms with E-state index in [4.69, 9.17) is 0 Å². The van der Waals surface area contributed by atoms with Crippen LogP contribution in [0.1, 0.15) is 20.7 Å². The average Bonchev–Trinajstić information content (AvgIpc) is 2.71. The van der Waals surface area contributed by atoms with Gasteiger partial charge in [-0.1, -0.05) is 12.1 Å². The van der Waals surface area contributed by atoms with Crippen LogP contribution in [0.5, 0.6) is 0 Å². The Morgan fingerprint density at radius 2 is 1.45 bits per heavy atom. The lowest BCUT2D eigenvalue weighted by molar-refractivity contribution is 0.0684. The Bertz CT molecular complexity index is 650. The van der Waals surface area contributed by atoms with Crippen LogP contribution in [0.4, 0.5) is 4.39 Å². The van der Waals surface area contributed by atoms with Gasteiger partial charge in [0.25, 0.3) is 11.8 Å². The molecule has 3 rings (SSSR count). The minimum absolute atomic E-state index is 0.220. The first-order chi connectivity index (χ1) is 9.66. The van der Waals surface area contributed by atoms with Gasteiger partial charge in [0, 0.05) is 4.90 Å². The molecule has 0 aromatic heterocycles. The molecule has 0 aliphatic carbocycles. The fourth-order valence-corrected chi connectivity index (χ4v) is 2.87. The van der Waals surface area contributed by atoms with E-state index in [1.165, 1.54) is 28.8 Å². The fraction of sp³-hybridized carbons (Fsp3) is 0.0667. The van der Waals surface area contributed by atoms with Crippen molar-refractivity contribution >= 4 is 23.6 Å². The number of benzene rings is 2. The molecule has 0 bridgehead atoms. The van der Waals surface area contributed by atoms with Crippen molar-refractivity contribution in [3.63, 3.8) is 0 Å². The van der Waals surface area contributed by atoms with Gasteiger partial charge in [0.2, 0.25) is 0 Å². The Hall–Kier alpha value is -2.14. The fourth-order valence-electron chi connectivity index (χ4n) is 2.03. The van der Waals surface area contributed by atoms with Gasteiger partial charge in [0.05, 0.1) is 17.0 Å². The van der Waals surface area contributed by atoms with Crippen molar-refractivity contribution in [2.75, 3.05) is 5.88 Å². The van der Waals surface area contributed by atoms with Gasteiger partial charge in [0.1, 0.15) is 5.82 Å². The quantitative estimate of drug-likeness (QED) is 0.643. The molecule has 20 heavy (non-hydrogen) atoms. The predicted molar refractivity (Wildman–Crippen MR) is 74.1 cm³/mol. The molecule has 1 heterocycles. The van der Waals surface area contributed by atoms with Crippen LogP contribution in [-0.2, 0) is 0 Å². The Morgan fingerprint density at radius 1 is 0.900 bits per heavy atom. The smallest absolute Gasteiger partial charge is 0.262 e. The monoisotopic (exact) mass is 287 g/mol. The molecular formula is C15H10FNO2S. The van der Waals surface area contributed by atoms with E-state index < -0.39 is 0 Å². The van der Waals surface area contributed by atoms with Crippen LogP contribution in [0.15, 0.2) is 53.4 Å². The maximum absolute atomic E-state index is 12.8. The summed E-state index contributed by atoms with van der Waals surface area (Å²) in [6.45, 7) is 0. The minimum Gasteiger partial charge on any atom is -0.269 e. The van der Waals surface area contributed by atoms with Crippen LogP contribution in [0.2, 0.25) is 0 Å². The third-order valence-corrected chi connectivity index (χ3v) is 4.04. The normalized spacial score (nSPS) is 13.8. The third kappa shape index (κ3) is 2.20. The Morgan fingerprint density at radius 3 is 2.00 bits per heavy atom. The van der Waals surface area contributed by atoms with Gasteiger partial charge in [-0.15, -0.1) is 11.8 Å². The molecule has 100 valence electrons. The van der Waals surface area contributed by atoms with Crippen molar-refractivity contribution in [3.05, 3.63) is 65.5 Å². The highest BCUT2D eigenvalue weighted by atomic mass is 32.2. The van der Waals surface area contributed by atoms with E-state index >= 15 is 0 Å². The minimum atomic E-state index is -0.310. The number of hydrogen-bond donors (Lipinski definition) is 0. The first kappa shape index (κ1) is 12.9. The Labute approximate surface area is 119 Å². The second-order valence-corrected chi connectivity index (χ2v) is 5.33. The summed E-state index contributed by atoms with van der Waals surface area (Å²) < 4.78 is 12.8. The summed E-state index contributed by atoms with van der Waals surface area (Å²) in [4.78, 5) is 26.2. The summed E-state index contributed by atoms with van der Waals surface area (Å²) in [6, 6.07) is 12.7. The zero-order valence-corrected chi connectivity index (χ0v) is 11.2. The third-order valence-electron chi connectivity index (χ3n) is 3.05. The van der Waals surface area contributed by atoms with Crippen LogP contribution in [0.25, 0.3) is 0 Å². The van der Waals surface area contributed by atoms with E-state index in [0.29, 0.717) is 11.1 Å². The maximum atomic E-state index is 12.8. The number of nitrogens with zero attached hydrogens (tertiary/aromatic N) is 1. The highest BCUT2D eigenvalue weighted by molar-refractivity contribution is 7.99. The van der Waals surface area contributed by atoms with E-state index in [-0.39, 0.29) is 23.5 Å². The number of carbonyl (C=O) groups is 2. The van der Waals surface area contributed by atoms with Crippen molar-refractivity contribution in [2.24, 2.45) is 0 Å². The number of fused-ring (bicyclic) bond motifs is 1. The lowest BCUT2D eigenvalue weighted by atomic mass is 10.1. The molecule has 1 aliphatic heterocycles. The largest absolute Gasteiger partial charge is 0.269 e. The van der Waals surface area contributed by atoms with Gasteiger partial charge in [-0.05, 0) is 36.4 Å². The number of rotatable bonds is 3. The molecule has 0 spiro atoms. The van der Waals surface area contributed by atoms with Gasteiger partial charge >= 0.3 is 0 Å². The summed E-state index contributed by atoms with van der Waals surface area (Å²) in [6.07, 6.45) is 0. The van der Waals surface area contributed by atoms with Crippen molar-refractivity contribution in [1.82, 2.24) is 4.90 Å². The molecular weight excluding hydrogens is 277 g/mol. The highest BCUT2D eigenvalue weighted by Crippen LogP contribution is 2.27. The predicted octanol–water partition coefficient (Wildman–Crippen LogP) is 3.17. The zero-order valence-electron chi connectivity index (χ0n) is 10.4. The summed E-state index contributed by atoms with van der Waals surface area (Å²) in [5.74, 6) is -0.645. The molecule has 0 unspecified atom stereocenters. The summed E-state index contributed by atoms with van der Waals surface area (Å²) in [5, 5.41) is 0. The lowest BCUT2D eigenvalue weighted by Gasteiger charge is -2.12. The summed E-state index contributed by atoms with van der Waals surface area (Å²) in [5.41, 5.74) is 0.884. The number of carbonyl (C=O) groups excluding carboxylic acids is 2. The maximum Gasteiger partial charge on any atom is 0.262 e.